The van der Waals surface area contributed by atoms with E-state index in [1.165, 1.54) is 18.2 Å². The van der Waals surface area contributed by atoms with Crippen molar-refractivity contribution in [2.24, 2.45) is 0 Å². The van der Waals surface area contributed by atoms with E-state index in [1.807, 2.05) is 0 Å². The summed E-state index contributed by atoms with van der Waals surface area (Å²) < 4.78 is 4.67. The smallest absolute Gasteiger partial charge is 0.348 e. The molecule has 0 unspecified atom stereocenters. The zero-order valence-corrected chi connectivity index (χ0v) is 10.1. The Balaban J connectivity index is 3.17. The topological polar surface area (TPSA) is 108 Å². The van der Waals surface area contributed by atoms with Gasteiger partial charge in [-0.15, -0.1) is 0 Å². The molecule has 0 saturated heterocycles. The minimum Gasteiger partial charge on any atom is -0.507 e. The number of rotatable bonds is 4. The average molecular weight is 261 g/mol. The molecule has 98 valence electrons. The normalized spacial score (nSPS) is 10.6. The number of ether oxygens (including phenoxy) is 1. The summed E-state index contributed by atoms with van der Waals surface area (Å²) in [6.07, 6.45) is 1.20. The minimum absolute atomic E-state index is 0.133. The molecule has 0 aliphatic carbocycles. The van der Waals surface area contributed by atoms with E-state index in [9.17, 15) is 14.7 Å². The maximum Gasteiger partial charge on any atom is 0.348 e. The SMILES string of the molecule is CCOC(=O)/C(C#N)=C\c1ccc(O)c(C(=O)O)c1. The lowest BCUT2D eigenvalue weighted by molar-refractivity contribution is -0.137. The fourth-order valence-electron chi connectivity index (χ4n) is 1.33. The van der Waals surface area contributed by atoms with Gasteiger partial charge in [-0.2, -0.15) is 5.26 Å². The molecule has 1 rings (SSSR count). The van der Waals surface area contributed by atoms with Crippen LogP contribution < -0.4 is 0 Å². The number of nitrogens with zero attached hydrogens (tertiary/aromatic N) is 1. The van der Waals surface area contributed by atoms with E-state index >= 15 is 0 Å². The van der Waals surface area contributed by atoms with E-state index in [2.05, 4.69) is 4.74 Å². The van der Waals surface area contributed by atoms with E-state index in [4.69, 9.17) is 10.4 Å². The van der Waals surface area contributed by atoms with Gasteiger partial charge in [0.05, 0.1) is 6.61 Å². The number of benzene rings is 1. The summed E-state index contributed by atoms with van der Waals surface area (Å²) in [5.74, 6) is -2.48. The molecule has 6 heteroatoms. The van der Waals surface area contributed by atoms with Crippen LogP contribution in [0.4, 0.5) is 0 Å². The molecule has 0 bridgehead atoms. The van der Waals surface area contributed by atoms with Gasteiger partial charge in [0.1, 0.15) is 23.0 Å². The lowest BCUT2D eigenvalue weighted by Gasteiger charge is -2.02. The lowest BCUT2D eigenvalue weighted by Crippen LogP contribution is -2.06. The molecule has 0 radical (unpaired) electrons. The molecule has 0 aliphatic rings. The molecule has 0 aromatic heterocycles. The first-order chi connectivity index (χ1) is 8.99. The first kappa shape index (κ1) is 14.3. The highest BCUT2D eigenvalue weighted by Crippen LogP contribution is 2.20. The second-order valence-electron chi connectivity index (χ2n) is 3.47. The van der Waals surface area contributed by atoms with Crippen LogP contribution in [-0.4, -0.2) is 28.8 Å². The lowest BCUT2D eigenvalue weighted by atomic mass is 10.1. The predicted octanol–water partition coefficient (Wildman–Crippen LogP) is 1.56. The number of nitriles is 1. The van der Waals surface area contributed by atoms with Gasteiger partial charge >= 0.3 is 11.9 Å². The number of phenols is 1. The zero-order chi connectivity index (χ0) is 14.4. The Labute approximate surface area is 109 Å². The van der Waals surface area contributed by atoms with Crippen molar-refractivity contribution in [3.05, 3.63) is 34.9 Å². The number of carboxylic acid groups (broad SMARTS) is 1. The van der Waals surface area contributed by atoms with Gasteiger partial charge in [0.2, 0.25) is 0 Å². The third kappa shape index (κ3) is 3.57. The molecular weight excluding hydrogens is 250 g/mol. The molecule has 0 heterocycles. The van der Waals surface area contributed by atoms with Crippen molar-refractivity contribution in [3.63, 3.8) is 0 Å². The van der Waals surface area contributed by atoms with Crippen LogP contribution in [0, 0.1) is 11.3 Å². The van der Waals surface area contributed by atoms with E-state index in [-0.39, 0.29) is 23.5 Å². The summed E-state index contributed by atoms with van der Waals surface area (Å²) in [7, 11) is 0. The van der Waals surface area contributed by atoms with Crippen LogP contribution in [0.2, 0.25) is 0 Å². The molecular formula is C13H11NO5. The number of aromatic carboxylic acids is 1. The van der Waals surface area contributed by atoms with Gasteiger partial charge in [0, 0.05) is 0 Å². The molecule has 1 aromatic rings. The largest absolute Gasteiger partial charge is 0.507 e. The first-order valence-electron chi connectivity index (χ1n) is 5.34. The standard InChI is InChI=1S/C13H11NO5/c1-2-19-13(18)9(7-14)5-8-3-4-11(15)10(6-8)12(16)17/h3-6,15H,2H2,1H3,(H,16,17)/b9-5-. The van der Waals surface area contributed by atoms with E-state index in [0.717, 1.165) is 6.07 Å². The highest BCUT2D eigenvalue weighted by Gasteiger charge is 2.12. The maximum absolute atomic E-state index is 11.4. The van der Waals surface area contributed by atoms with Crippen LogP contribution in [0.15, 0.2) is 23.8 Å². The Hall–Kier alpha value is -2.81. The second-order valence-corrected chi connectivity index (χ2v) is 3.47. The molecule has 0 spiro atoms. The third-order valence-corrected chi connectivity index (χ3v) is 2.18. The van der Waals surface area contributed by atoms with Crippen molar-refractivity contribution in [2.45, 2.75) is 6.92 Å². The van der Waals surface area contributed by atoms with Crippen molar-refractivity contribution in [2.75, 3.05) is 6.61 Å². The number of hydrogen-bond acceptors (Lipinski definition) is 5. The van der Waals surface area contributed by atoms with Crippen molar-refractivity contribution >= 4 is 18.0 Å². The van der Waals surface area contributed by atoms with Crippen molar-refractivity contribution < 1.29 is 24.5 Å². The summed E-state index contributed by atoms with van der Waals surface area (Å²) in [6.45, 7) is 1.74. The fraction of sp³-hybridized carbons (Fsp3) is 0.154. The number of aromatic hydroxyl groups is 1. The van der Waals surface area contributed by atoms with Gasteiger partial charge in [0.25, 0.3) is 0 Å². The Morgan fingerprint density at radius 3 is 2.68 bits per heavy atom. The molecule has 0 aliphatic heterocycles. The van der Waals surface area contributed by atoms with Gasteiger partial charge in [-0.05, 0) is 30.7 Å². The Morgan fingerprint density at radius 1 is 1.47 bits per heavy atom. The van der Waals surface area contributed by atoms with Crippen molar-refractivity contribution in [1.29, 1.82) is 5.26 Å². The molecule has 19 heavy (non-hydrogen) atoms. The monoisotopic (exact) mass is 261 g/mol. The molecule has 0 amide bonds. The number of hydrogen-bond donors (Lipinski definition) is 2. The van der Waals surface area contributed by atoms with Crippen LogP contribution in [0.3, 0.4) is 0 Å². The van der Waals surface area contributed by atoms with Gasteiger partial charge in [-0.3, -0.25) is 0 Å². The zero-order valence-electron chi connectivity index (χ0n) is 10.1. The number of esters is 1. The Kier molecular flexibility index (Phi) is 4.66. The predicted molar refractivity (Wildman–Crippen MR) is 65.3 cm³/mol. The van der Waals surface area contributed by atoms with E-state index in [0.29, 0.717) is 5.56 Å². The Bertz CT molecular complexity index is 583. The van der Waals surface area contributed by atoms with Crippen molar-refractivity contribution in [3.8, 4) is 11.8 Å². The van der Waals surface area contributed by atoms with Crippen LogP contribution in [-0.2, 0) is 9.53 Å². The van der Waals surface area contributed by atoms with Crippen molar-refractivity contribution in [1.82, 2.24) is 0 Å². The average Bonchev–Trinajstić information content (AvgIpc) is 2.37. The maximum atomic E-state index is 11.4. The molecule has 1 aromatic carbocycles. The minimum atomic E-state index is -1.30. The summed E-state index contributed by atoms with van der Waals surface area (Å²) >= 11 is 0. The summed E-state index contributed by atoms with van der Waals surface area (Å²) in [5.41, 5.74) is -0.251. The van der Waals surface area contributed by atoms with Gasteiger partial charge < -0.3 is 14.9 Å². The van der Waals surface area contributed by atoms with Gasteiger partial charge in [-0.25, -0.2) is 9.59 Å². The quantitative estimate of drug-likeness (QED) is 0.483. The molecule has 0 atom stereocenters. The van der Waals surface area contributed by atoms with Gasteiger partial charge in [0.15, 0.2) is 0 Å². The highest BCUT2D eigenvalue weighted by atomic mass is 16.5. The van der Waals surface area contributed by atoms with Crippen LogP contribution in [0.5, 0.6) is 5.75 Å². The van der Waals surface area contributed by atoms with E-state index < -0.39 is 11.9 Å². The molecule has 2 N–H and O–H groups in total. The van der Waals surface area contributed by atoms with Crippen LogP contribution in [0.25, 0.3) is 6.08 Å². The third-order valence-electron chi connectivity index (χ3n) is 2.18. The van der Waals surface area contributed by atoms with Crippen LogP contribution >= 0.6 is 0 Å². The number of carbonyl (C=O) groups is 2. The fourth-order valence-corrected chi connectivity index (χ4v) is 1.33. The first-order valence-corrected chi connectivity index (χ1v) is 5.34. The highest BCUT2D eigenvalue weighted by molar-refractivity contribution is 5.98. The second kappa shape index (κ2) is 6.21. The molecule has 6 nitrogen and oxygen atoms in total. The molecule has 0 saturated carbocycles. The van der Waals surface area contributed by atoms with Crippen LogP contribution in [0.1, 0.15) is 22.8 Å². The van der Waals surface area contributed by atoms with E-state index in [1.54, 1.807) is 13.0 Å². The summed E-state index contributed by atoms with van der Waals surface area (Å²) in [5, 5.41) is 27.0. The van der Waals surface area contributed by atoms with Gasteiger partial charge in [-0.1, -0.05) is 6.07 Å². The number of carboxylic acids is 1. The number of carbonyl (C=O) groups excluding carboxylic acids is 1. The Morgan fingerprint density at radius 2 is 2.16 bits per heavy atom. The summed E-state index contributed by atoms with van der Waals surface area (Å²) in [6, 6.07) is 5.40. The summed E-state index contributed by atoms with van der Waals surface area (Å²) in [4.78, 5) is 22.2. The molecule has 0 fully saturated rings.